The standard InChI is InChI=1S/C10H13NO.ClH/c12-10(9-6-11-7-9)8-4-2-1-3-5-8;/h1-5,9-12H,6-7H2;1H/t10-;/m0./s1. The third kappa shape index (κ3) is 2.21. The molecule has 2 N–H and O–H groups in total. The molecule has 1 saturated heterocycles. The highest BCUT2D eigenvalue weighted by Gasteiger charge is 2.25. The first-order valence-electron chi connectivity index (χ1n) is 4.31. The topological polar surface area (TPSA) is 32.3 Å². The second-order valence-corrected chi connectivity index (χ2v) is 3.27. The third-order valence-corrected chi connectivity index (χ3v) is 2.40. The van der Waals surface area contributed by atoms with E-state index < -0.39 is 0 Å². The van der Waals surface area contributed by atoms with Crippen molar-refractivity contribution in [3.05, 3.63) is 35.9 Å². The summed E-state index contributed by atoms with van der Waals surface area (Å²) >= 11 is 0. The Kier molecular flexibility index (Phi) is 3.72. The molecule has 0 saturated carbocycles. The second-order valence-electron chi connectivity index (χ2n) is 3.27. The molecule has 72 valence electrons. The van der Waals surface area contributed by atoms with Gasteiger partial charge in [0.2, 0.25) is 0 Å². The SMILES string of the molecule is Cl.O[C@@H](c1ccccc1)C1CNC1. The molecule has 1 aromatic carbocycles. The van der Waals surface area contributed by atoms with Crippen LogP contribution in [0.3, 0.4) is 0 Å². The van der Waals surface area contributed by atoms with Gasteiger partial charge in [-0.15, -0.1) is 12.4 Å². The Labute approximate surface area is 84.4 Å². The van der Waals surface area contributed by atoms with Crippen molar-refractivity contribution < 1.29 is 5.11 Å². The van der Waals surface area contributed by atoms with Crippen molar-refractivity contribution in [3.8, 4) is 0 Å². The number of hydrogen-bond acceptors (Lipinski definition) is 2. The minimum atomic E-state index is -0.285. The van der Waals surface area contributed by atoms with Gasteiger partial charge in [0, 0.05) is 19.0 Å². The summed E-state index contributed by atoms with van der Waals surface area (Å²) in [4.78, 5) is 0. The minimum absolute atomic E-state index is 0. The van der Waals surface area contributed by atoms with Gasteiger partial charge < -0.3 is 10.4 Å². The Morgan fingerprint density at radius 2 is 1.85 bits per heavy atom. The molecule has 1 aliphatic heterocycles. The Hall–Kier alpha value is -0.570. The predicted molar refractivity (Wildman–Crippen MR) is 55.0 cm³/mol. The molecule has 0 bridgehead atoms. The second kappa shape index (κ2) is 4.61. The van der Waals surface area contributed by atoms with E-state index in [0.717, 1.165) is 18.7 Å². The Balaban J connectivity index is 0.000000845. The average molecular weight is 200 g/mol. The monoisotopic (exact) mass is 199 g/mol. The van der Waals surface area contributed by atoms with E-state index in [0.29, 0.717) is 5.92 Å². The number of hydrogen-bond donors (Lipinski definition) is 2. The van der Waals surface area contributed by atoms with Crippen molar-refractivity contribution in [1.82, 2.24) is 5.32 Å². The predicted octanol–water partition coefficient (Wildman–Crippen LogP) is 1.36. The maximum absolute atomic E-state index is 9.80. The zero-order valence-electron chi connectivity index (χ0n) is 7.31. The normalized spacial score (nSPS) is 18.5. The first-order valence-corrected chi connectivity index (χ1v) is 4.31. The van der Waals surface area contributed by atoms with Gasteiger partial charge >= 0.3 is 0 Å². The summed E-state index contributed by atoms with van der Waals surface area (Å²) in [5, 5.41) is 13.0. The van der Waals surface area contributed by atoms with Crippen LogP contribution in [0.4, 0.5) is 0 Å². The largest absolute Gasteiger partial charge is 0.388 e. The lowest BCUT2D eigenvalue weighted by molar-refractivity contribution is 0.0767. The Morgan fingerprint density at radius 1 is 1.23 bits per heavy atom. The number of nitrogens with one attached hydrogen (secondary N) is 1. The van der Waals surface area contributed by atoms with Crippen molar-refractivity contribution in [2.24, 2.45) is 5.92 Å². The van der Waals surface area contributed by atoms with E-state index in [4.69, 9.17) is 0 Å². The van der Waals surface area contributed by atoms with E-state index in [9.17, 15) is 5.11 Å². The molecule has 1 fully saturated rings. The smallest absolute Gasteiger partial charge is 0.0842 e. The maximum Gasteiger partial charge on any atom is 0.0842 e. The van der Waals surface area contributed by atoms with Gasteiger partial charge in [-0.3, -0.25) is 0 Å². The summed E-state index contributed by atoms with van der Waals surface area (Å²) in [6.45, 7) is 1.88. The molecule has 1 aromatic rings. The van der Waals surface area contributed by atoms with Crippen molar-refractivity contribution in [2.75, 3.05) is 13.1 Å². The Bertz CT molecular complexity index is 248. The molecule has 0 spiro atoms. The summed E-state index contributed by atoms with van der Waals surface area (Å²) in [6, 6.07) is 9.84. The molecule has 2 rings (SSSR count). The molecular formula is C10H14ClNO. The fraction of sp³-hybridized carbons (Fsp3) is 0.400. The van der Waals surface area contributed by atoms with Crippen LogP contribution in [0, 0.1) is 5.92 Å². The maximum atomic E-state index is 9.80. The van der Waals surface area contributed by atoms with Crippen LogP contribution in [-0.2, 0) is 0 Å². The molecular weight excluding hydrogens is 186 g/mol. The molecule has 0 radical (unpaired) electrons. The lowest BCUT2D eigenvalue weighted by Crippen LogP contribution is -2.45. The minimum Gasteiger partial charge on any atom is -0.388 e. The van der Waals surface area contributed by atoms with Crippen LogP contribution in [0.5, 0.6) is 0 Å². The Morgan fingerprint density at radius 3 is 2.31 bits per heavy atom. The van der Waals surface area contributed by atoms with Crippen LogP contribution in [-0.4, -0.2) is 18.2 Å². The van der Waals surface area contributed by atoms with Gasteiger partial charge in [-0.25, -0.2) is 0 Å². The number of aliphatic hydroxyl groups excluding tert-OH is 1. The number of halogens is 1. The molecule has 0 unspecified atom stereocenters. The van der Waals surface area contributed by atoms with Gasteiger partial charge in [-0.05, 0) is 5.56 Å². The molecule has 1 atom stereocenters. The van der Waals surface area contributed by atoms with Crippen LogP contribution >= 0.6 is 12.4 Å². The van der Waals surface area contributed by atoms with Crippen molar-refractivity contribution in [1.29, 1.82) is 0 Å². The van der Waals surface area contributed by atoms with Crippen LogP contribution in [0.1, 0.15) is 11.7 Å². The summed E-state index contributed by atoms with van der Waals surface area (Å²) in [5.74, 6) is 0.410. The zero-order valence-corrected chi connectivity index (χ0v) is 8.13. The van der Waals surface area contributed by atoms with Gasteiger partial charge in [-0.2, -0.15) is 0 Å². The van der Waals surface area contributed by atoms with E-state index in [1.165, 1.54) is 0 Å². The van der Waals surface area contributed by atoms with E-state index in [-0.39, 0.29) is 18.5 Å². The molecule has 3 heteroatoms. The van der Waals surface area contributed by atoms with Crippen LogP contribution in [0.15, 0.2) is 30.3 Å². The lowest BCUT2D eigenvalue weighted by Gasteiger charge is -2.31. The van der Waals surface area contributed by atoms with E-state index in [1.54, 1.807) is 0 Å². The molecule has 2 nitrogen and oxygen atoms in total. The highest BCUT2D eigenvalue weighted by atomic mass is 35.5. The summed E-state index contributed by atoms with van der Waals surface area (Å²) in [7, 11) is 0. The van der Waals surface area contributed by atoms with Gasteiger partial charge in [0.15, 0.2) is 0 Å². The van der Waals surface area contributed by atoms with Gasteiger partial charge in [0.05, 0.1) is 6.10 Å². The quantitative estimate of drug-likeness (QED) is 0.754. The summed E-state index contributed by atoms with van der Waals surface area (Å²) < 4.78 is 0. The number of aliphatic hydroxyl groups is 1. The molecule has 1 aliphatic rings. The molecule has 0 aliphatic carbocycles. The lowest BCUT2D eigenvalue weighted by atomic mass is 9.91. The first kappa shape index (κ1) is 10.5. The van der Waals surface area contributed by atoms with Crippen molar-refractivity contribution >= 4 is 12.4 Å². The van der Waals surface area contributed by atoms with Gasteiger partial charge in [0.25, 0.3) is 0 Å². The van der Waals surface area contributed by atoms with Crippen LogP contribution in [0.25, 0.3) is 0 Å². The van der Waals surface area contributed by atoms with E-state index in [1.807, 2.05) is 30.3 Å². The number of benzene rings is 1. The van der Waals surface area contributed by atoms with Gasteiger partial charge in [0.1, 0.15) is 0 Å². The van der Waals surface area contributed by atoms with Crippen molar-refractivity contribution in [3.63, 3.8) is 0 Å². The molecule has 13 heavy (non-hydrogen) atoms. The summed E-state index contributed by atoms with van der Waals surface area (Å²) in [6.07, 6.45) is -0.285. The molecule has 1 heterocycles. The van der Waals surface area contributed by atoms with Crippen LogP contribution < -0.4 is 5.32 Å². The van der Waals surface area contributed by atoms with Gasteiger partial charge in [-0.1, -0.05) is 30.3 Å². The third-order valence-electron chi connectivity index (χ3n) is 2.40. The number of rotatable bonds is 2. The van der Waals surface area contributed by atoms with E-state index in [2.05, 4.69) is 5.32 Å². The highest BCUT2D eigenvalue weighted by molar-refractivity contribution is 5.85. The molecule has 0 aromatic heterocycles. The fourth-order valence-corrected chi connectivity index (χ4v) is 1.46. The summed E-state index contributed by atoms with van der Waals surface area (Å²) in [5.41, 5.74) is 1.03. The van der Waals surface area contributed by atoms with E-state index >= 15 is 0 Å². The molecule has 0 amide bonds. The average Bonchev–Trinajstić information content (AvgIpc) is 2.03. The fourth-order valence-electron chi connectivity index (χ4n) is 1.46. The zero-order chi connectivity index (χ0) is 8.39. The highest BCUT2D eigenvalue weighted by Crippen LogP contribution is 2.24. The first-order chi connectivity index (χ1) is 5.88. The van der Waals surface area contributed by atoms with Crippen molar-refractivity contribution in [2.45, 2.75) is 6.10 Å². The van der Waals surface area contributed by atoms with Crippen LogP contribution in [0.2, 0.25) is 0 Å².